The molecule has 0 fully saturated rings. The molecule has 0 unspecified atom stereocenters. The summed E-state index contributed by atoms with van der Waals surface area (Å²) in [7, 11) is 0. The largest absolute Gasteiger partial charge is 0.504 e. The van der Waals surface area contributed by atoms with Crippen molar-refractivity contribution in [3.8, 4) is 11.5 Å². The van der Waals surface area contributed by atoms with Gasteiger partial charge in [-0.15, -0.1) is 10.2 Å². The second-order valence-corrected chi connectivity index (χ2v) is 4.19. The van der Waals surface area contributed by atoms with Crippen molar-refractivity contribution in [2.75, 3.05) is 17.9 Å². The van der Waals surface area contributed by atoms with E-state index in [-0.39, 0.29) is 5.75 Å². The number of nitrogens with one attached hydrogen (secondary N) is 1. The molecule has 2 rings (SSSR count). The van der Waals surface area contributed by atoms with E-state index in [9.17, 15) is 5.11 Å². The molecule has 0 aliphatic rings. The van der Waals surface area contributed by atoms with E-state index in [1.165, 1.54) is 4.68 Å². The zero-order valence-electron chi connectivity index (χ0n) is 11.9. The number of phenolic OH excluding ortho intramolecular Hbond substituents is 1. The van der Waals surface area contributed by atoms with Crippen molar-refractivity contribution in [1.29, 1.82) is 0 Å². The summed E-state index contributed by atoms with van der Waals surface area (Å²) in [6.45, 7) is 4.26. The minimum atomic E-state index is 0.0937. The van der Waals surface area contributed by atoms with Crippen molar-refractivity contribution in [3.05, 3.63) is 29.6 Å². The summed E-state index contributed by atoms with van der Waals surface area (Å²) in [5, 5.41) is 21.4. The topological polar surface area (TPSA) is 111 Å². The van der Waals surface area contributed by atoms with Crippen molar-refractivity contribution in [2.45, 2.75) is 20.3 Å². The third-order valence-electron chi connectivity index (χ3n) is 2.74. The van der Waals surface area contributed by atoms with Gasteiger partial charge in [0.1, 0.15) is 0 Å². The van der Waals surface area contributed by atoms with Crippen LogP contribution >= 0.6 is 0 Å². The fraction of sp³-hybridized carbons (Fsp3) is 0.308. The number of aromatic nitrogens is 3. The first-order chi connectivity index (χ1) is 10.2. The maximum absolute atomic E-state index is 9.61. The smallest absolute Gasteiger partial charge is 0.263 e. The van der Waals surface area contributed by atoms with Gasteiger partial charge in [-0.1, -0.05) is 6.92 Å². The van der Waals surface area contributed by atoms with E-state index in [4.69, 9.17) is 10.6 Å². The number of rotatable bonds is 6. The molecule has 0 bridgehead atoms. The molecule has 4 N–H and O–H groups in total. The maximum Gasteiger partial charge on any atom is 0.263 e. The minimum Gasteiger partial charge on any atom is -0.504 e. The maximum atomic E-state index is 9.61. The van der Waals surface area contributed by atoms with Crippen LogP contribution in [-0.2, 0) is 6.42 Å². The van der Waals surface area contributed by atoms with E-state index < -0.39 is 0 Å². The standard InChI is InChI=1S/C13H18N6O2/c1-3-12-16-18-13(19(12)14)17-15-8-9-5-6-10(20)11(7-9)21-4-2/h5-8,20H,3-4,14H2,1-2H3,(H,17,18)/b15-8+. The lowest BCUT2D eigenvalue weighted by Crippen LogP contribution is -2.14. The Kier molecular flexibility index (Phi) is 4.60. The molecular weight excluding hydrogens is 272 g/mol. The van der Waals surface area contributed by atoms with Gasteiger partial charge in [-0.05, 0) is 30.7 Å². The van der Waals surface area contributed by atoms with Crippen LogP contribution in [0.15, 0.2) is 23.3 Å². The Balaban J connectivity index is 2.07. The van der Waals surface area contributed by atoms with Gasteiger partial charge < -0.3 is 15.7 Å². The highest BCUT2D eigenvalue weighted by atomic mass is 16.5. The first-order valence-electron chi connectivity index (χ1n) is 6.60. The van der Waals surface area contributed by atoms with Crippen LogP contribution < -0.4 is 16.0 Å². The first-order valence-corrected chi connectivity index (χ1v) is 6.60. The van der Waals surface area contributed by atoms with Crippen molar-refractivity contribution in [2.24, 2.45) is 5.10 Å². The number of benzene rings is 1. The molecule has 1 heterocycles. The van der Waals surface area contributed by atoms with E-state index in [0.29, 0.717) is 30.5 Å². The molecule has 0 radical (unpaired) electrons. The average Bonchev–Trinajstić information content (AvgIpc) is 2.83. The summed E-state index contributed by atoms with van der Waals surface area (Å²) in [6.07, 6.45) is 2.26. The third kappa shape index (κ3) is 3.41. The highest BCUT2D eigenvalue weighted by molar-refractivity contribution is 5.81. The van der Waals surface area contributed by atoms with Crippen LogP contribution in [0.4, 0.5) is 5.95 Å². The van der Waals surface area contributed by atoms with Gasteiger partial charge in [0.2, 0.25) is 0 Å². The molecule has 0 atom stereocenters. The Bertz CT molecular complexity index is 638. The van der Waals surface area contributed by atoms with Gasteiger partial charge in [0.05, 0.1) is 12.8 Å². The molecule has 112 valence electrons. The van der Waals surface area contributed by atoms with Crippen LogP contribution in [0.2, 0.25) is 0 Å². The van der Waals surface area contributed by atoms with Crippen LogP contribution in [0.3, 0.4) is 0 Å². The number of hydrogen-bond donors (Lipinski definition) is 3. The molecule has 8 heteroatoms. The van der Waals surface area contributed by atoms with Crippen molar-refractivity contribution in [3.63, 3.8) is 0 Å². The third-order valence-corrected chi connectivity index (χ3v) is 2.74. The number of hydrazone groups is 1. The van der Waals surface area contributed by atoms with Gasteiger partial charge in [-0.3, -0.25) is 0 Å². The van der Waals surface area contributed by atoms with Crippen molar-refractivity contribution in [1.82, 2.24) is 14.9 Å². The van der Waals surface area contributed by atoms with Crippen LogP contribution in [-0.4, -0.2) is 32.8 Å². The number of aromatic hydroxyl groups is 1. The van der Waals surface area contributed by atoms with Crippen LogP contribution in [0.1, 0.15) is 25.2 Å². The number of aryl methyl sites for hydroxylation is 1. The normalized spacial score (nSPS) is 11.0. The second-order valence-electron chi connectivity index (χ2n) is 4.19. The van der Waals surface area contributed by atoms with Gasteiger partial charge in [0.15, 0.2) is 17.3 Å². The molecule has 0 aliphatic carbocycles. The van der Waals surface area contributed by atoms with E-state index in [2.05, 4.69) is 20.7 Å². The van der Waals surface area contributed by atoms with Gasteiger partial charge in [0.25, 0.3) is 5.95 Å². The summed E-state index contributed by atoms with van der Waals surface area (Å²) in [5.41, 5.74) is 3.48. The highest BCUT2D eigenvalue weighted by Gasteiger charge is 2.06. The number of anilines is 1. The second kappa shape index (κ2) is 6.60. The molecule has 1 aromatic carbocycles. The molecule has 21 heavy (non-hydrogen) atoms. The van der Waals surface area contributed by atoms with Gasteiger partial charge in [-0.2, -0.15) is 5.10 Å². The number of ether oxygens (including phenoxy) is 1. The predicted molar refractivity (Wildman–Crippen MR) is 80.0 cm³/mol. The first kappa shape index (κ1) is 14.6. The van der Waals surface area contributed by atoms with E-state index in [1.54, 1.807) is 24.4 Å². The Hall–Kier alpha value is -2.77. The molecule has 2 aromatic rings. The fourth-order valence-corrected chi connectivity index (χ4v) is 1.69. The number of hydrogen-bond acceptors (Lipinski definition) is 7. The summed E-state index contributed by atoms with van der Waals surface area (Å²) < 4.78 is 6.65. The van der Waals surface area contributed by atoms with E-state index in [1.807, 2.05) is 13.8 Å². The zero-order valence-corrected chi connectivity index (χ0v) is 11.9. The molecular formula is C13H18N6O2. The number of phenols is 1. The molecule has 0 spiro atoms. The van der Waals surface area contributed by atoms with Crippen LogP contribution in [0.5, 0.6) is 11.5 Å². The Morgan fingerprint density at radius 1 is 1.43 bits per heavy atom. The Morgan fingerprint density at radius 2 is 2.24 bits per heavy atom. The van der Waals surface area contributed by atoms with Crippen molar-refractivity contribution >= 4 is 12.2 Å². The highest BCUT2D eigenvalue weighted by Crippen LogP contribution is 2.26. The van der Waals surface area contributed by atoms with Gasteiger partial charge in [-0.25, -0.2) is 10.1 Å². The monoisotopic (exact) mass is 290 g/mol. The fourth-order valence-electron chi connectivity index (χ4n) is 1.69. The SMILES string of the molecule is CCOc1cc(/C=N/Nc2nnc(CC)n2N)ccc1O. The lowest BCUT2D eigenvalue weighted by molar-refractivity contribution is 0.318. The van der Waals surface area contributed by atoms with Crippen LogP contribution in [0, 0.1) is 0 Å². The predicted octanol–water partition coefficient (Wildman–Crippen LogP) is 1.10. The molecule has 8 nitrogen and oxygen atoms in total. The van der Waals surface area contributed by atoms with Gasteiger partial charge >= 0.3 is 0 Å². The lowest BCUT2D eigenvalue weighted by atomic mass is 10.2. The molecule has 0 amide bonds. The Labute approximate surface area is 122 Å². The Morgan fingerprint density at radius 3 is 2.90 bits per heavy atom. The van der Waals surface area contributed by atoms with Crippen LogP contribution in [0.25, 0.3) is 0 Å². The number of nitrogens with two attached hydrogens (primary N) is 1. The number of nitrogen functional groups attached to an aromatic ring is 1. The summed E-state index contributed by atoms with van der Waals surface area (Å²) >= 11 is 0. The van der Waals surface area contributed by atoms with E-state index in [0.717, 1.165) is 5.56 Å². The number of nitrogens with zero attached hydrogens (tertiary/aromatic N) is 4. The summed E-state index contributed by atoms with van der Waals surface area (Å²) in [6, 6.07) is 4.95. The molecule has 1 aromatic heterocycles. The lowest BCUT2D eigenvalue weighted by Gasteiger charge is -2.06. The van der Waals surface area contributed by atoms with Gasteiger partial charge in [0, 0.05) is 6.42 Å². The quantitative estimate of drug-likeness (QED) is 0.417. The van der Waals surface area contributed by atoms with E-state index >= 15 is 0 Å². The molecule has 0 aliphatic heterocycles. The summed E-state index contributed by atoms with van der Waals surface area (Å²) in [4.78, 5) is 0. The summed E-state index contributed by atoms with van der Waals surface area (Å²) in [5.74, 6) is 7.30. The minimum absolute atomic E-state index is 0.0937. The molecule has 0 saturated heterocycles. The average molecular weight is 290 g/mol. The zero-order chi connectivity index (χ0) is 15.2. The van der Waals surface area contributed by atoms with Crippen molar-refractivity contribution < 1.29 is 9.84 Å². The molecule has 0 saturated carbocycles.